The maximum Gasteiger partial charge on any atom is 0.240 e. The molecule has 1 amide bonds. The van der Waals surface area contributed by atoms with Crippen LogP contribution in [0, 0.1) is 5.82 Å². The summed E-state index contributed by atoms with van der Waals surface area (Å²) in [6.45, 7) is 4.10. The highest BCUT2D eigenvalue weighted by molar-refractivity contribution is 14.1. The summed E-state index contributed by atoms with van der Waals surface area (Å²) in [5, 5.41) is 7.00. The molecule has 174 valence electrons. The second kappa shape index (κ2) is 9.74. The summed E-state index contributed by atoms with van der Waals surface area (Å²) in [6, 6.07) is 9.02. The van der Waals surface area contributed by atoms with Crippen LogP contribution in [0.1, 0.15) is 18.1 Å². The molecular formula is C23H26FIN6O2. The number of ether oxygens (including phenoxy) is 1. The quantitative estimate of drug-likeness (QED) is 0.271. The van der Waals surface area contributed by atoms with E-state index in [4.69, 9.17) is 10.5 Å². The van der Waals surface area contributed by atoms with Crippen LogP contribution in [0.3, 0.4) is 0 Å². The minimum Gasteiger partial charge on any atom is -0.496 e. The van der Waals surface area contributed by atoms with E-state index in [1.54, 1.807) is 19.2 Å². The van der Waals surface area contributed by atoms with E-state index in [1.807, 2.05) is 25.1 Å². The number of hydrogen-bond acceptors (Lipinski definition) is 7. The molecule has 1 aromatic heterocycles. The number of halogens is 2. The van der Waals surface area contributed by atoms with Gasteiger partial charge in [0, 0.05) is 41.1 Å². The van der Waals surface area contributed by atoms with Gasteiger partial charge in [-0.1, -0.05) is 41.6 Å². The number of nitrogens with zero attached hydrogens (tertiary/aromatic N) is 3. The minimum absolute atomic E-state index is 0.301. The lowest BCUT2D eigenvalue weighted by molar-refractivity contribution is -0.134. The molecule has 2 heterocycles. The van der Waals surface area contributed by atoms with Gasteiger partial charge in [-0.15, -0.1) is 0 Å². The number of aromatic nitrogens is 2. The van der Waals surface area contributed by atoms with Crippen molar-refractivity contribution in [3.63, 3.8) is 0 Å². The summed E-state index contributed by atoms with van der Waals surface area (Å²) in [7, 11) is 1.60. The van der Waals surface area contributed by atoms with Gasteiger partial charge in [0.15, 0.2) is 5.82 Å². The first-order valence-corrected chi connectivity index (χ1v) is 12.1. The standard InChI is InChI=1S/C23H26FIN6O2/c1-3-31(23(22(26)32)11-27-12-23)10-15-7-16-18(8-19(15)33-2)28-13-29-21(16)30-17-6-4-5-14(9-25)20(17)24/h4-8,13,27H,3,9-12H2,1-2H3,(H2,26,32)(H,28,29,30). The van der Waals surface area contributed by atoms with Gasteiger partial charge >= 0.3 is 0 Å². The molecule has 0 aliphatic carbocycles. The first-order chi connectivity index (χ1) is 15.9. The maximum atomic E-state index is 14.8. The van der Waals surface area contributed by atoms with Crippen LogP contribution in [-0.2, 0) is 15.8 Å². The van der Waals surface area contributed by atoms with E-state index >= 15 is 0 Å². The number of methoxy groups -OCH3 is 1. The Morgan fingerprint density at radius 1 is 1.33 bits per heavy atom. The van der Waals surface area contributed by atoms with Crippen LogP contribution >= 0.6 is 22.6 Å². The minimum atomic E-state index is -0.730. The smallest absolute Gasteiger partial charge is 0.240 e. The number of carbonyl (C=O) groups is 1. The number of amides is 1. The fraction of sp³-hybridized carbons (Fsp3) is 0.348. The van der Waals surface area contributed by atoms with Crippen molar-refractivity contribution in [2.24, 2.45) is 5.73 Å². The lowest BCUT2D eigenvalue weighted by atomic mass is 9.88. The highest BCUT2D eigenvalue weighted by atomic mass is 127. The van der Waals surface area contributed by atoms with Crippen LogP contribution in [0.5, 0.6) is 5.75 Å². The predicted molar refractivity (Wildman–Crippen MR) is 134 cm³/mol. The summed E-state index contributed by atoms with van der Waals surface area (Å²) < 4.78 is 21.0. The van der Waals surface area contributed by atoms with Crippen LogP contribution in [-0.4, -0.2) is 53.1 Å². The third kappa shape index (κ3) is 4.34. The van der Waals surface area contributed by atoms with Crippen molar-refractivity contribution >= 4 is 50.9 Å². The topological polar surface area (TPSA) is 105 Å². The zero-order valence-corrected chi connectivity index (χ0v) is 20.6. The number of carbonyl (C=O) groups excluding carboxylic acids is 1. The Hall–Kier alpha value is -2.57. The summed E-state index contributed by atoms with van der Waals surface area (Å²) in [5.41, 5.74) is 7.52. The van der Waals surface area contributed by atoms with Gasteiger partial charge < -0.3 is 21.1 Å². The molecule has 0 bridgehead atoms. The first-order valence-electron chi connectivity index (χ1n) is 10.6. The molecule has 3 aromatic rings. The lowest BCUT2D eigenvalue weighted by Crippen LogP contribution is -2.74. The van der Waals surface area contributed by atoms with Crippen molar-refractivity contribution in [1.29, 1.82) is 0 Å². The molecular weight excluding hydrogens is 538 g/mol. The molecule has 1 fully saturated rings. The number of fused-ring (bicyclic) bond motifs is 1. The van der Waals surface area contributed by atoms with Gasteiger partial charge in [-0.25, -0.2) is 14.4 Å². The van der Waals surface area contributed by atoms with Crippen LogP contribution in [0.25, 0.3) is 10.9 Å². The molecule has 0 spiro atoms. The molecule has 10 heteroatoms. The Labute approximate surface area is 205 Å². The Kier molecular flexibility index (Phi) is 6.96. The normalized spacial score (nSPS) is 14.8. The summed E-state index contributed by atoms with van der Waals surface area (Å²) >= 11 is 2.14. The van der Waals surface area contributed by atoms with Gasteiger partial charge in [0.2, 0.25) is 5.91 Å². The molecule has 0 atom stereocenters. The number of likely N-dealkylation sites (N-methyl/N-ethyl adjacent to an activating group) is 1. The van der Waals surface area contributed by atoms with Crippen molar-refractivity contribution in [1.82, 2.24) is 20.2 Å². The summed E-state index contributed by atoms with van der Waals surface area (Å²) in [4.78, 5) is 23.0. The summed E-state index contributed by atoms with van der Waals surface area (Å²) in [5.74, 6) is 0.492. The molecule has 33 heavy (non-hydrogen) atoms. The zero-order valence-electron chi connectivity index (χ0n) is 18.5. The van der Waals surface area contributed by atoms with Gasteiger partial charge in [0.25, 0.3) is 0 Å². The third-order valence-corrected chi connectivity index (χ3v) is 6.98. The lowest BCUT2D eigenvalue weighted by Gasteiger charge is -2.48. The van der Waals surface area contributed by atoms with Crippen LogP contribution < -0.4 is 21.1 Å². The van der Waals surface area contributed by atoms with E-state index < -0.39 is 5.54 Å². The second-order valence-corrected chi connectivity index (χ2v) is 8.72. The molecule has 4 N–H and O–H groups in total. The van der Waals surface area contributed by atoms with Crippen LogP contribution in [0.4, 0.5) is 15.9 Å². The second-order valence-electron chi connectivity index (χ2n) is 7.95. The number of anilines is 2. The predicted octanol–water partition coefficient (Wildman–Crippen LogP) is 3.11. The van der Waals surface area contributed by atoms with Gasteiger partial charge in [-0.3, -0.25) is 9.69 Å². The van der Waals surface area contributed by atoms with E-state index in [9.17, 15) is 9.18 Å². The molecule has 1 aliphatic heterocycles. The Balaban J connectivity index is 1.75. The average molecular weight is 564 g/mol. The number of alkyl halides is 1. The SMILES string of the molecule is CCN(Cc1cc2c(Nc3cccc(CI)c3F)ncnc2cc1OC)C1(C(N)=O)CNC1. The van der Waals surface area contributed by atoms with E-state index in [0.29, 0.717) is 58.9 Å². The fourth-order valence-corrected chi connectivity index (χ4v) is 4.73. The van der Waals surface area contributed by atoms with Gasteiger partial charge in [0.1, 0.15) is 23.4 Å². The van der Waals surface area contributed by atoms with E-state index in [2.05, 4.69) is 48.1 Å². The highest BCUT2D eigenvalue weighted by Crippen LogP contribution is 2.33. The molecule has 8 nitrogen and oxygen atoms in total. The molecule has 0 radical (unpaired) electrons. The molecule has 1 aliphatic rings. The zero-order chi connectivity index (χ0) is 23.6. The Morgan fingerprint density at radius 3 is 2.73 bits per heavy atom. The number of nitrogens with one attached hydrogen (secondary N) is 2. The van der Waals surface area contributed by atoms with E-state index in [1.165, 1.54) is 6.33 Å². The number of nitrogens with two attached hydrogens (primary N) is 1. The molecule has 2 aromatic carbocycles. The molecule has 0 saturated carbocycles. The maximum absolute atomic E-state index is 14.8. The van der Waals surface area contributed by atoms with E-state index in [-0.39, 0.29) is 11.7 Å². The molecule has 1 saturated heterocycles. The summed E-state index contributed by atoms with van der Waals surface area (Å²) in [6.07, 6.45) is 1.43. The number of rotatable bonds is 9. The fourth-order valence-electron chi connectivity index (χ4n) is 4.14. The largest absolute Gasteiger partial charge is 0.496 e. The van der Waals surface area contributed by atoms with Gasteiger partial charge in [-0.05, 0) is 24.2 Å². The third-order valence-electron chi connectivity index (χ3n) is 6.16. The van der Waals surface area contributed by atoms with Crippen molar-refractivity contribution in [3.8, 4) is 5.75 Å². The highest BCUT2D eigenvalue weighted by Gasteiger charge is 2.47. The van der Waals surface area contributed by atoms with Crippen molar-refractivity contribution in [3.05, 3.63) is 53.6 Å². The number of primary amides is 1. The number of hydrogen-bond donors (Lipinski definition) is 3. The monoisotopic (exact) mass is 564 g/mol. The van der Waals surface area contributed by atoms with E-state index in [0.717, 1.165) is 10.9 Å². The Bertz CT molecular complexity index is 1190. The average Bonchev–Trinajstić information content (AvgIpc) is 2.78. The Morgan fingerprint density at radius 2 is 2.12 bits per heavy atom. The molecule has 4 rings (SSSR count). The van der Waals surface area contributed by atoms with Crippen LogP contribution in [0.15, 0.2) is 36.7 Å². The number of benzene rings is 2. The van der Waals surface area contributed by atoms with Gasteiger partial charge in [0.05, 0.1) is 18.3 Å². The molecule has 0 unspecified atom stereocenters. The first kappa shape index (κ1) is 23.6. The van der Waals surface area contributed by atoms with Gasteiger partial charge in [-0.2, -0.15) is 0 Å². The van der Waals surface area contributed by atoms with Crippen LogP contribution in [0.2, 0.25) is 0 Å². The van der Waals surface area contributed by atoms with Crippen molar-refractivity contribution in [2.75, 3.05) is 32.1 Å². The van der Waals surface area contributed by atoms with Crippen molar-refractivity contribution in [2.45, 2.75) is 23.4 Å². The van der Waals surface area contributed by atoms with Crippen molar-refractivity contribution < 1.29 is 13.9 Å².